The van der Waals surface area contributed by atoms with Crippen LogP contribution in [0.4, 0.5) is 5.13 Å². The van der Waals surface area contributed by atoms with Crippen LogP contribution in [0.25, 0.3) is 10.2 Å². The Morgan fingerprint density at radius 3 is 2.64 bits per heavy atom. The van der Waals surface area contributed by atoms with Gasteiger partial charge in [0.15, 0.2) is 5.13 Å². The maximum Gasteiger partial charge on any atom is 0.183 e. The van der Waals surface area contributed by atoms with Crippen LogP contribution < -0.4 is 10.1 Å². The Morgan fingerprint density at radius 2 is 2.00 bits per heavy atom. The summed E-state index contributed by atoms with van der Waals surface area (Å²) < 4.78 is 12.2. The van der Waals surface area contributed by atoms with E-state index in [1.807, 2.05) is 0 Å². The fourth-order valence-electron chi connectivity index (χ4n) is 2.21. The largest absolute Gasteiger partial charge is 0.493 e. The summed E-state index contributed by atoms with van der Waals surface area (Å²) in [5, 5.41) is 4.23. The van der Waals surface area contributed by atoms with Gasteiger partial charge in [0.05, 0.1) is 23.4 Å². The number of thiazole rings is 1. The van der Waals surface area contributed by atoms with Gasteiger partial charge in [-0.25, -0.2) is 4.98 Å². The maximum atomic E-state index is 5.97. The van der Waals surface area contributed by atoms with Crippen molar-refractivity contribution in [1.29, 1.82) is 0 Å². The zero-order valence-electron chi connectivity index (χ0n) is 14.2. The number of hydrogen-bond acceptors (Lipinski definition) is 5. The number of methoxy groups -OCH3 is 1. The number of anilines is 1. The quantitative estimate of drug-likeness (QED) is 0.765. The Labute approximate surface area is 136 Å². The highest BCUT2D eigenvalue weighted by atomic mass is 32.1. The van der Waals surface area contributed by atoms with Gasteiger partial charge in [-0.3, -0.25) is 0 Å². The number of nitrogens with one attached hydrogen (secondary N) is 1. The summed E-state index contributed by atoms with van der Waals surface area (Å²) in [7, 11) is 1.70. The standard InChI is InChI=1S/C17H26N2O2S/c1-6-8-21-14-11-15-13(10-12(14)17(2,3)4)19-16(22-15)18-7-9-20-5/h10-11H,6-9H2,1-5H3,(H,18,19). The van der Waals surface area contributed by atoms with E-state index in [4.69, 9.17) is 9.47 Å². The molecule has 0 aliphatic heterocycles. The van der Waals surface area contributed by atoms with Gasteiger partial charge in [-0.2, -0.15) is 0 Å². The van der Waals surface area contributed by atoms with E-state index in [1.54, 1.807) is 18.4 Å². The number of fused-ring (bicyclic) bond motifs is 1. The molecule has 1 aromatic carbocycles. The van der Waals surface area contributed by atoms with Crippen LogP contribution in [-0.2, 0) is 10.2 Å². The summed E-state index contributed by atoms with van der Waals surface area (Å²) in [6, 6.07) is 4.29. The van der Waals surface area contributed by atoms with Gasteiger partial charge in [0.1, 0.15) is 5.75 Å². The molecule has 0 saturated carbocycles. The number of rotatable bonds is 7. The Balaban J connectivity index is 2.35. The van der Waals surface area contributed by atoms with E-state index in [0.717, 1.165) is 40.7 Å². The molecule has 122 valence electrons. The van der Waals surface area contributed by atoms with Crippen LogP contribution in [0.1, 0.15) is 39.7 Å². The molecule has 1 N–H and O–H groups in total. The fourth-order valence-corrected chi connectivity index (χ4v) is 3.11. The van der Waals surface area contributed by atoms with E-state index in [2.05, 4.69) is 50.1 Å². The van der Waals surface area contributed by atoms with Gasteiger partial charge in [0.2, 0.25) is 0 Å². The molecule has 0 aliphatic rings. The lowest BCUT2D eigenvalue weighted by Crippen LogP contribution is -2.13. The Kier molecular flexibility index (Phi) is 5.64. The molecule has 1 aromatic heterocycles. The van der Waals surface area contributed by atoms with Gasteiger partial charge in [-0.05, 0) is 24.0 Å². The van der Waals surface area contributed by atoms with Crippen molar-refractivity contribution >= 4 is 26.7 Å². The first-order valence-corrected chi connectivity index (χ1v) is 8.58. The Morgan fingerprint density at radius 1 is 1.23 bits per heavy atom. The lowest BCUT2D eigenvalue weighted by atomic mass is 9.86. The molecule has 0 unspecified atom stereocenters. The molecule has 0 saturated heterocycles. The molecule has 0 radical (unpaired) electrons. The van der Waals surface area contributed by atoms with E-state index in [1.165, 1.54) is 5.56 Å². The second kappa shape index (κ2) is 7.29. The minimum absolute atomic E-state index is 0.0323. The average molecular weight is 322 g/mol. The van der Waals surface area contributed by atoms with Crippen molar-refractivity contribution in [3.8, 4) is 5.75 Å². The van der Waals surface area contributed by atoms with Crippen LogP contribution in [0.15, 0.2) is 12.1 Å². The van der Waals surface area contributed by atoms with Gasteiger partial charge < -0.3 is 14.8 Å². The maximum absolute atomic E-state index is 5.97. The third kappa shape index (κ3) is 4.11. The molecule has 0 spiro atoms. The number of aromatic nitrogens is 1. The smallest absolute Gasteiger partial charge is 0.183 e. The molecule has 2 aromatic rings. The van der Waals surface area contributed by atoms with Crippen molar-refractivity contribution in [3.63, 3.8) is 0 Å². The molecule has 5 heteroatoms. The zero-order chi connectivity index (χ0) is 16.2. The first-order chi connectivity index (χ1) is 10.5. The predicted octanol–water partition coefficient (Wildman–Crippen LogP) is 4.44. The number of ether oxygens (including phenoxy) is 2. The van der Waals surface area contributed by atoms with Crippen molar-refractivity contribution in [2.75, 3.05) is 32.2 Å². The molecule has 1 heterocycles. The monoisotopic (exact) mass is 322 g/mol. The van der Waals surface area contributed by atoms with Crippen LogP contribution in [0, 0.1) is 0 Å². The first-order valence-electron chi connectivity index (χ1n) is 7.76. The van der Waals surface area contributed by atoms with Crippen LogP contribution in [0.3, 0.4) is 0 Å². The van der Waals surface area contributed by atoms with Crippen LogP contribution >= 0.6 is 11.3 Å². The summed E-state index contributed by atoms with van der Waals surface area (Å²) in [5.74, 6) is 0.981. The number of benzene rings is 1. The second-order valence-corrected chi connectivity index (χ2v) is 7.38. The lowest BCUT2D eigenvalue weighted by Gasteiger charge is -2.22. The van der Waals surface area contributed by atoms with Gasteiger partial charge in [0.25, 0.3) is 0 Å². The first kappa shape index (κ1) is 17.0. The van der Waals surface area contributed by atoms with Crippen molar-refractivity contribution in [3.05, 3.63) is 17.7 Å². The number of nitrogens with zero attached hydrogens (tertiary/aromatic N) is 1. The minimum Gasteiger partial charge on any atom is -0.493 e. The minimum atomic E-state index is 0.0323. The molecule has 2 rings (SSSR count). The van der Waals surface area contributed by atoms with Gasteiger partial charge in [-0.15, -0.1) is 0 Å². The Hall–Kier alpha value is -1.33. The van der Waals surface area contributed by atoms with Gasteiger partial charge in [-0.1, -0.05) is 39.0 Å². The summed E-state index contributed by atoms with van der Waals surface area (Å²) in [5.41, 5.74) is 2.27. The van der Waals surface area contributed by atoms with Crippen LogP contribution in [0.5, 0.6) is 5.75 Å². The third-order valence-electron chi connectivity index (χ3n) is 3.34. The van der Waals surface area contributed by atoms with E-state index in [9.17, 15) is 0 Å². The lowest BCUT2D eigenvalue weighted by molar-refractivity contribution is 0.211. The molecule has 0 bridgehead atoms. The Bertz CT molecular complexity index is 617. The highest BCUT2D eigenvalue weighted by Gasteiger charge is 2.21. The average Bonchev–Trinajstić information content (AvgIpc) is 2.85. The summed E-state index contributed by atoms with van der Waals surface area (Å²) in [4.78, 5) is 4.68. The molecule has 0 fully saturated rings. The van der Waals surface area contributed by atoms with E-state index < -0.39 is 0 Å². The molecule has 0 amide bonds. The predicted molar refractivity (Wildman–Crippen MR) is 94.5 cm³/mol. The SMILES string of the molecule is CCCOc1cc2sc(NCCOC)nc2cc1C(C)(C)C. The molecule has 0 aliphatic carbocycles. The second-order valence-electron chi connectivity index (χ2n) is 6.35. The topological polar surface area (TPSA) is 43.4 Å². The van der Waals surface area contributed by atoms with Gasteiger partial charge in [0, 0.05) is 19.2 Å². The summed E-state index contributed by atoms with van der Waals surface area (Å²) >= 11 is 1.66. The van der Waals surface area contributed by atoms with Crippen molar-refractivity contribution in [2.24, 2.45) is 0 Å². The molecular weight excluding hydrogens is 296 g/mol. The normalized spacial score (nSPS) is 11.9. The van der Waals surface area contributed by atoms with Crippen molar-refractivity contribution in [2.45, 2.75) is 39.5 Å². The molecule has 22 heavy (non-hydrogen) atoms. The van der Waals surface area contributed by atoms with E-state index in [0.29, 0.717) is 6.61 Å². The van der Waals surface area contributed by atoms with E-state index in [-0.39, 0.29) is 5.41 Å². The summed E-state index contributed by atoms with van der Waals surface area (Å²) in [6.45, 7) is 10.9. The van der Waals surface area contributed by atoms with E-state index >= 15 is 0 Å². The highest BCUT2D eigenvalue weighted by molar-refractivity contribution is 7.22. The molecule has 4 nitrogen and oxygen atoms in total. The van der Waals surface area contributed by atoms with Crippen LogP contribution in [-0.4, -0.2) is 31.9 Å². The molecular formula is C17H26N2O2S. The zero-order valence-corrected chi connectivity index (χ0v) is 15.0. The third-order valence-corrected chi connectivity index (χ3v) is 4.32. The van der Waals surface area contributed by atoms with Crippen molar-refractivity contribution < 1.29 is 9.47 Å². The van der Waals surface area contributed by atoms with Crippen LogP contribution in [0.2, 0.25) is 0 Å². The highest BCUT2D eigenvalue weighted by Crippen LogP contribution is 2.37. The molecule has 0 atom stereocenters. The number of hydrogen-bond donors (Lipinski definition) is 1. The fraction of sp³-hybridized carbons (Fsp3) is 0.588. The van der Waals surface area contributed by atoms with Crippen molar-refractivity contribution in [1.82, 2.24) is 4.98 Å². The van der Waals surface area contributed by atoms with Gasteiger partial charge >= 0.3 is 0 Å². The summed E-state index contributed by atoms with van der Waals surface area (Å²) in [6.07, 6.45) is 1.01.